The lowest BCUT2D eigenvalue weighted by molar-refractivity contribution is -0.126. The fourth-order valence-electron chi connectivity index (χ4n) is 3.77. The average Bonchev–Trinajstić information content (AvgIpc) is 3.07. The molecule has 2 aromatic carbocycles. The highest BCUT2D eigenvalue weighted by Gasteiger charge is 2.36. The lowest BCUT2D eigenvalue weighted by Gasteiger charge is -2.26. The van der Waals surface area contributed by atoms with Gasteiger partial charge in [0, 0.05) is 25.2 Å². The Kier molecular flexibility index (Phi) is 6.33. The number of anilines is 1. The van der Waals surface area contributed by atoms with Gasteiger partial charge in [0.25, 0.3) is 0 Å². The summed E-state index contributed by atoms with van der Waals surface area (Å²) in [4.78, 5) is 29.0. The highest BCUT2D eigenvalue weighted by molar-refractivity contribution is 6.00. The topological polar surface area (TPSA) is 52.7 Å². The van der Waals surface area contributed by atoms with Crippen LogP contribution in [-0.2, 0) is 9.59 Å². The molecule has 2 atom stereocenters. The first-order valence-corrected chi connectivity index (χ1v) is 9.84. The Hall–Kier alpha value is -2.73. The molecule has 0 bridgehead atoms. The Morgan fingerprint density at radius 2 is 1.90 bits per heavy atom. The summed E-state index contributed by atoms with van der Waals surface area (Å²) in [5.41, 5.74) is 3.99. The number of amides is 2. The van der Waals surface area contributed by atoms with Crippen molar-refractivity contribution >= 4 is 17.5 Å². The summed E-state index contributed by atoms with van der Waals surface area (Å²) in [5.74, 6) is -0.814. The van der Waals surface area contributed by atoms with E-state index in [2.05, 4.69) is 5.32 Å². The summed E-state index contributed by atoms with van der Waals surface area (Å²) < 4.78 is 13.2. The molecule has 3 rings (SSSR count). The summed E-state index contributed by atoms with van der Waals surface area (Å²) >= 11 is 0. The van der Waals surface area contributed by atoms with Gasteiger partial charge < -0.3 is 15.1 Å². The van der Waals surface area contributed by atoms with E-state index in [-0.39, 0.29) is 36.0 Å². The van der Waals surface area contributed by atoms with E-state index < -0.39 is 0 Å². The Morgan fingerprint density at radius 3 is 2.55 bits per heavy atom. The number of hydrogen-bond acceptors (Lipinski definition) is 3. The van der Waals surface area contributed by atoms with Gasteiger partial charge in [-0.15, -0.1) is 0 Å². The number of rotatable bonds is 6. The second kappa shape index (κ2) is 8.74. The van der Waals surface area contributed by atoms with E-state index in [9.17, 15) is 14.0 Å². The minimum Gasteiger partial charge on any atom is -0.354 e. The Bertz CT molecular complexity index is 895. The molecule has 1 aliphatic rings. The zero-order chi connectivity index (χ0) is 21.1. The van der Waals surface area contributed by atoms with Crippen LogP contribution >= 0.6 is 0 Å². The maximum absolute atomic E-state index is 13.2. The second-order valence-electron chi connectivity index (χ2n) is 7.90. The van der Waals surface area contributed by atoms with Gasteiger partial charge in [0.1, 0.15) is 5.82 Å². The molecule has 2 amide bonds. The number of carbonyl (C=O) groups is 2. The van der Waals surface area contributed by atoms with E-state index in [0.717, 1.165) is 22.4 Å². The molecular formula is C23H28FN3O2. The number of likely N-dealkylation sites (N-methyl/N-ethyl adjacent to an activating group) is 1. The zero-order valence-electron chi connectivity index (χ0n) is 17.4. The third kappa shape index (κ3) is 4.65. The summed E-state index contributed by atoms with van der Waals surface area (Å²) in [6, 6.07) is 12.1. The maximum atomic E-state index is 13.2. The van der Waals surface area contributed by atoms with Crippen molar-refractivity contribution in [2.45, 2.75) is 26.3 Å². The maximum Gasteiger partial charge on any atom is 0.227 e. The van der Waals surface area contributed by atoms with Crippen LogP contribution in [0, 0.1) is 25.6 Å². The van der Waals surface area contributed by atoms with Gasteiger partial charge in [0.05, 0.1) is 12.0 Å². The van der Waals surface area contributed by atoms with E-state index in [1.807, 2.05) is 51.0 Å². The minimum atomic E-state index is -0.376. The van der Waals surface area contributed by atoms with Crippen molar-refractivity contribution in [1.29, 1.82) is 0 Å². The first-order chi connectivity index (χ1) is 13.8. The number of halogens is 1. The van der Waals surface area contributed by atoms with Crippen molar-refractivity contribution in [2.75, 3.05) is 32.1 Å². The van der Waals surface area contributed by atoms with E-state index in [1.54, 1.807) is 17.0 Å². The largest absolute Gasteiger partial charge is 0.354 e. The minimum absolute atomic E-state index is 0.0263. The molecule has 1 heterocycles. The molecule has 2 aromatic rings. The first kappa shape index (κ1) is 21.0. The number of benzene rings is 2. The van der Waals surface area contributed by atoms with Crippen LogP contribution in [0.2, 0.25) is 0 Å². The van der Waals surface area contributed by atoms with Gasteiger partial charge in [0.2, 0.25) is 11.8 Å². The molecule has 1 fully saturated rings. The second-order valence-corrected chi connectivity index (χ2v) is 7.90. The third-order valence-corrected chi connectivity index (χ3v) is 5.71. The molecule has 154 valence electrons. The third-order valence-electron chi connectivity index (χ3n) is 5.71. The van der Waals surface area contributed by atoms with E-state index in [4.69, 9.17) is 0 Å². The van der Waals surface area contributed by atoms with Gasteiger partial charge >= 0.3 is 0 Å². The Balaban J connectivity index is 1.65. The predicted octanol–water partition coefficient (Wildman–Crippen LogP) is 3.21. The van der Waals surface area contributed by atoms with Crippen molar-refractivity contribution in [3.63, 3.8) is 0 Å². The number of nitrogens with zero attached hydrogens (tertiary/aromatic N) is 2. The van der Waals surface area contributed by atoms with Crippen LogP contribution in [-0.4, -0.2) is 43.9 Å². The lowest BCUT2D eigenvalue weighted by atomic mass is 10.0. The van der Waals surface area contributed by atoms with Crippen LogP contribution in [0.1, 0.15) is 29.2 Å². The van der Waals surface area contributed by atoms with Gasteiger partial charge in [-0.3, -0.25) is 9.59 Å². The van der Waals surface area contributed by atoms with Gasteiger partial charge in [-0.25, -0.2) is 4.39 Å². The normalized spacial score (nSPS) is 17.7. The smallest absolute Gasteiger partial charge is 0.227 e. The molecule has 5 nitrogen and oxygen atoms in total. The van der Waals surface area contributed by atoms with Crippen LogP contribution in [0.25, 0.3) is 0 Å². The Labute approximate surface area is 171 Å². The molecule has 0 aliphatic carbocycles. The monoisotopic (exact) mass is 397 g/mol. The number of aryl methyl sites for hydroxylation is 1. The number of carbonyl (C=O) groups excluding carboxylic acids is 2. The molecule has 1 saturated heterocycles. The van der Waals surface area contributed by atoms with Crippen molar-refractivity contribution in [1.82, 2.24) is 10.2 Å². The molecule has 0 spiro atoms. The van der Waals surface area contributed by atoms with E-state index in [1.165, 1.54) is 12.1 Å². The van der Waals surface area contributed by atoms with E-state index in [0.29, 0.717) is 13.1 Å². The van der Waals surface area contributed by atoms with Gasteiger partial charge in [0.15, 0.2) is 0 Å². The number of hydrogen-bond donors (Lipinski definition) is 1. The van der Waals surface area contributed by atoms with Crippen molar-refractivity contribution in [3.8, 4) is 0 Å². The summed E-state index contributed by atoms with van der Waals surface area (Å²) in [7, 11) is 3.84. The highest BCUT2D eigenvalue weighted by atomic mass is 19.1. The fourth-order valence-corrected chi connectivity index (χ4v) is 3.77. The molecule has 1 aliphatic heterocycles. The van der Waals surface area contributed by atoms with Gasteiger partial charge in [-0.2, -0.15) is 0 Å². The Morgan fingerprint density at radius 1 is 1.21 bits per heavy atom. The predicted molar refractivity (Wildman–Crippen MR) is 112 cm³/mol. The van der Waals surface area contributed by atoms with Crippen molar-refractivity contribution in [3.05, 3.63) is 65.0 Å². The molecule has 2 unspecified atom stereocenters. The molecule has 0 saturated carbocycles. The van der Waals surface area contributed by atoms with Gasteiger partial charge in [-0.1, -0.05) is 24.3 Å². The van der Waals surface area contributed by atoms with Crippen LogP contribution < -0.4 is 10.2 Å². The molecule has 6 heteroatoms. The first-order valence-electron chi connectivity index (χ1n) is 9.84. The van der Waals surface area contributed by atoms with Crippen LogP contribution in [0.4, 0.5) is 10.1 Å². The number of nitrogens with one attached hydrogen (secondary N) is 1. The summed E-state index contributed by atoms with van der Waals surface area (Å²) in [5, 5.41) is 2.98. The lowest BCUT2D eigenvalue weighted by Crippen LogP contribution is -2.38. The van der Waals surface area contributed by atoms with Crippen LogP contribution in [0.3, 0.4) is 0 Å². The van der Waals surface area contributed by atoms with Crippen LogP contribution in [0.15, 0.2) is 42.5 Å². The molecular weight excluding hydrogens is 369 g/mol. The summed E-state index contributed by atoms with van der Waals surface area (Å²) in [6.45, 7) is 4.79. The average molecular weight is 397 g/mol. The molecule has 29 heavy (non-hydrogen) atoms. The SMILES string of the molecule is Cc1cccc(N2CC(C(=O)NCC(c3ccc(F)cc3)N(C)C)CC2=O)c1C. The van der Waals surface area contributed by atoms with Gasteiger partial charge in [-0.05, 0) is 62.8 Å². The molecule has 0 radical (unpaired) electrons. The van der Waals surface area contributed by atoms with Crippen LogP contribution in [0.5, 0.6) is 0 Å². The van der Waals surface area contributed by atoms with E-state index >= 15 is 0 Å². The standard InChI is InChI=1S/C23H28FN3O2/c1-15-6-5-7-20(16(15)2)27-14-18(12-22(27)28)23(29)25-13-21(26(3)4)17-8-10-19(24)11-9-17/h5-11,18,21H,12-14H2,1-4H3,(H,25,29). The quantitative estimate of drug-likeness (QED) is 0.814. The summed E-state index contributed by atoms with van der Waals surface area (Å²) in [6.07, 6.45) is 0.211. The molecule has 0 aromatic heterocycles. The molecule has 1 N–H and O–H groups in total. The van der Waals surface area contributed by atoms with Crippen molar-refractivity contribution in [2.24, 2.45) is 5.92 Å². The van der Waals surface area contributed by atoms with Crippen molar-refractivity contribution < 1.29 is 14.0 Å². The zero-order valence-corrected chi connectivity index (χ0v) is 17.4. The highest BCUT2D eigenvalue weighted by Crippen LogP contribution is 2.29. The fraction of sp³-hybridized carbons (Fsp3) is 0.391.